The molecule has 186 valence electrons. The number of hydrogen-bond acceptors (Lipinski definition) is 2. The Bertz CT molecular complexity index is 2140. The average Bonchev–Trinajstić information content (AvgIpc) is 3.04. The van der Waals surface area contributed by atoms with Gasteiger partial charge in [0, 0.05) is 22.5 Å². The molecule has 0 radical (unpaired) electrons. The topological polar surface area (TPSA) is 25.8 Å². The molecular weight excluding hydrogens is 484 g/mol. The van der Waals surface area contributed by atoms with Gasteiger partial charge in [-0.1, -0.05) is 127 Å². The summed E-state index contributed by atoms with van der Waals surface area (Å²) >= 11 is 0. The molecule has 2 aromatic heterocycles. The first-order valence-corrected chi connectivity index (χ1v) is 13.6. The molecule has 0 atom stereocenters. The Morgan fingerprint density at radius 1 is 0.350 bits per heavy atom. The largest absolute Gasteiger partial charge is 0.254 e. The number of nitrogens with zero attached hydrogens (tertiary/aromatic N) is 2. The van der Waals surface area contributed by atoms with Crippen LogP contribution >= 0.6 is 0 Å². The average molecular weight is 509 g/mol. The summed E-state index contributed by atoms with van der Waals surface area (Å²) in [5, 5.41) is 7.25. The highest BCUT2D eigenvalue weighted by molar-refractivity contribution is 6.21. The molecule has 2 heterocycles. The van der Waals surface area contributed by atoms with Gasteiger partial charge in [-0.15, -0.1) is 0 Å². The van der Waals surface area contributed by atoms with Crippen molar-refractivity contribution in [3.63, 3.8) is 0 Å². The van der Waals surface area contributed by atoms with E-state index >= 15 is 0 Å². The van der Waals surface area contributed by atoms with Crippen LogP contribution in [0.1, 0.15) is 0 Å². The van der Waals surface area contributed by atoms with Gasteiger partial charge in [-0.3, -0.25) is 4.98 Å². The first-order valence-electron chi connectivity index (χ1n) is 13.6. The standard InChI is InChI=1S/C38H24N2/c1-2-9-26(10-3-1)35-30-12-4-6-14-32(30)36(33-15-7-5-13-31(33)35)27-18-16-25(17-19-27)34-23-22-29-21-20-28-11-8-24-39-37(28)38(29)40-34/h1-24H. The maximum atomic E-state index is 5.06. The number of aromatic nitrogens is 2. The molecule has 40 heavy (non-hydrogen) atoms. The zero-order chi connectivity index (χ0) is 26.5. The van der Waals surface area contributed by atoms with Crippen molar-refractivity contribution >= 4 is 43.4 Å². The minimum atomic E-state index is 0.938. The quantitative estimate of drug-likeness (QED) is 0.175. The number of fused-ring (bicyclic) bond motifs is 5. The van der Waals surface area contributed by atoms with Gasteiger partial charge in [-0.05, 0) is 55.9 Å². The Morgan fingerprint density at radius 3 is 1.48 bits per heavy atom. The highest BCUT2D eigenvalue weighted by atomic mass is 14.7. The molecule has 0 aliphatic carbocycles. The van der Waals surface area contributed by atoms with Gasteiger partial charge >= 0.3 is 0 Å². The highest BCUT2D eigenvalue weighted by Gasteiger charge is 2.16. The van der Waals surface area contributed by atoms with Crippen LogP contribution in [0.4, 0.5) is 0 Å². The molecule has 0 saturated carbocycles. The summed E-state index contributed by atoms with van der Waals surface area (Å²) in [6, 6.07) is 49.7. The molecule has 0 fully saturated rings. The second-order valence-corrected chi connectivity index (χ2v) is 10.2. The monoisotopic (exact) mass is 508 g/mol. The van der Waals surface area contributed by atoms with Crippen molar-refractivity contribution in [2.24, 2.45) is 0 Å². The Balaban J connectivity index is 1.31. The predicted octanol–water partition coefficient (Wildman–Crippen LogP) is 10.1. The fourth-order valence-corrected chi connectivity index (χ4v) is 6.05. The summed E-state index contributed by atoms with van der Waals surface area (Å²) < 4.78 is 0. The van der Waals surface area contributed by atoms with Crippen LogP contribution < -0.4 is 0 Å². The molecule has 6 aromatic carbocycles. The van der Waals surface area contributed by atoms with E-state index in [-0.39, 0.29) is 0 Å². The van der Waals surface area contributed by atoms with Crippen LogP contribution in [-0.2, 0) is 0 Å². The Labute approximate surface area is 232 Å². The summed E-state index contributed by atoms with van der Waals surface area (Å²) in [6.45, 7) is 0. The third-order valence-corrected chi connectivity index (χ3v) is 7.90. The molecule has 0 saturated heterocycles. The fraction of sp³-hybridized carbons (Fsp3) is 0. The molecule has 2 nitrogen and oxygen atoms in total. The van der Waals surface area contributed by atoms with Gasteiger partial charge < -0.3 is 0 Å². The van der Waals surface area contributed by atoms with Crippen molar-refractivity contribution in [3.05, 3.63) is 146 Å². The zero-order valence-electron chi connectivity index (χ0n) is 21.8. The number of rotatable bonds is 3. The van der Waals surface area contributed by atoms with E-state index < -0.39 is 0 Å². The number of benzene rings is 6. The van der Waals surface area contributed by atoms with Crippen LogP contribution in [0, 0.1) is 0 Å². The Hall–Kier alpha value is -5.34. The maximum Gasteiger partial charge on any atom is 0.0972 e. The van der Waals surface area contributed by atoms with Gasteiger partial charge in [-0.2, -0.15) is 0 Å². The fourth-order valence-electron chi connectivity index (χ4n) is 6.05. The van der Waals surface area contributed by atoms with Crippen LogP contribution in [0.15, 0.2) is 146 Å². The van der Waals surface area contributed by atoms with Crippen molar-refractivity contribution < 1.29 is 0 Å². The molecule has 0 unspecified atom stereocenters. The molecule has 0 N–H and O–H groups in total. The second kappa shape index (κ2) is 9.14. The van der Waals surface area contributed by atoms with Crippen LogP contribution in [0.5, 0.6) is 0 Å². The van der Waals surface area contributed by atoms with Crippen molar-refractivity contribution in [2.75, 3.05) is 0 Å². The van der Waals surface area contributed by atoms with Crippen molar-refractivity contribution in [1.29, 1.82) is 0 Å². The Morgan fingerprint density at radius 2 is 0.850 bits per heavy atom. The van der Waals surface area contributed by atoms with E-state index in [2.05, 4.69) is 138 Å². The first-order chi connectivity index (χ1) is 19.8. The Kier molecular flexibility index (Phi) is 5.17. The lowest BCUT2D eigenvalue weighted by atomic mass is 9.86. The summed E-state index contributed by atoms with van der Waals surface area (Å²) in [7, 11) is 0. The van der Waals surface area contributed by atoms with Gasteiger partial charge in [0.2, 0.25) is 0 Å². The van der Waals surface area contributed by atoms with E-state index in [1.165, 1.54) is 43.8 Å². The lowest BCUT2D eigenvalue weighted by Crippen LogP contribution is -1.91. The number of pyridine rings is 2. The molecule has 8 aromatic rings. The second-order valence-electron chi connectivity index (χ2n) is 10.2. The van der Waals surface area contributed by atoms with Crippen molar-refractivity contribution in [2.45, 2.75) is 0 Å². The molecule has 0 bridgehead atoms. The molecule has 0 amide bonds. The normalized spacial score (nSPS) is 11.5. The van der Waals surface area contributed by atoms with Gasteiger partial charge in [0.1, 0.15) is 0 Å². The summed E-state index contributed by atoms with van der Waals surface area (Å²) in [6.07, 6.45) is 1.84. The van der Waals surface area contributed by atoms with E-state index in [1.54, 1.807) is 0 Å². The highest BCUT2D eigenvalue weighted by Crippen LogP contribution is 2.43. The summed E-state index contributed by atoms with van der Waals surface area (Å²) in [5.74, 6) is 0. The van der Waals surface area contributed by atoms with Crippen molar-refractivity contribution in [3.8, 4) is 33.5 Å². The third kappa shape index (κ3) is 3.58. The first kappa shape index (κ1) is 22.6. The van der Waals surface area contributed by atoms with Gasteiger partial charge in [0.15, 0.2) is 0 Å². The van der Waals surface area contributed by atoms with Crippen LogP contribution in [-0.4, -0.2) is 9.97 Å². The van der Waals surface area contributed by atoms with Gasteiger partial charge in [0.05, 0.1) is 16.7 Å². The van der Waals surface area contributed by atoms with Crippen LogP contribution in [0.2, 0.25) is 0 Å². The van der Waals surface area contributed by atoms with Gasteiger partial charge in [0.25, 0.3) is 0 Å². The van der Waals surface area contributed by atoms with E-state index in [0.29, 0.717) is 0 Å². The van der Waals surface area contributed by atoms with Crippen molar-refractivity contribution in [1.82, 2.24) is 9.97 Å². The van der Waals surface area contributed by atoms with E-state index in [4.69, 9.17) is 4.98 Å². The predicted molar refractivity (Wildman–Crippen MR) is 168 cm³/mol. The summed E-state index contributed by atoms with van der Waals surface area (Å²) in [4.78, 5) is 9.68. The molecule has 0 spiro atoms. The van der Waals surface area contributed by atoms with Crippen LogP contribution in [0.3, 0.4) is 0 Å². The van der Waals surface area contributed by atoms with Gasteiger partial charge in [-0.25, -0.2) is 4.98 Å². The lowest BCUT2D eigenvalue weighted by molar-refractivity contribution is 1.37. The lowest BCUT2D eigenvalue weighted by Gasteiger charge is -2.18. The van der Waals surface area contributed by atoms with E-state index in [9.17, 15) is 0 Å². The molecule has 0 aliphatic heterocycles. The molecule has 0 aliphatic rings. The molecule has 2 heteroatoms. The maximum absolute atomic E-state index is 5.06. The summed E-state index contributed by atoms with van der Waals surface area (Å²) in [5.41, 5.74) is 8.90. The minimum absolute atomic E-state index is 0.938. The third-order valence-electron chi connectivity index (χ3n) is 7.90. The van der Waals surface area contributed by atoms with E-state index in [0.717, 1.165) is 33.1 Å². The van der Waals surface area contributed by atoms with E-state index in [1.807, 2.05) is 12.3 Å². The number of hydrogen-bond donors (Lipinski definition) is 0. The SMILES string of the molecule is c1ccc(-c2c3ccccc3c(-c3ccc(-c4ccc5ccc6cccnc6c5n4)cc3)c3ccccc23)cc1. The van der Waals surface area contributed by atoms with Crippen LogP contribution in [0.25, 0.3) is 76.9 Å². The molecular formula is C38H24N2. The smallest absolute Gasteiger partial charge is 0.0972 e. The zero-order valence-corrected chi connectivity index (χ0v) is 21.8. The minimum Gasteiger partial charge on any atom is -0.254 e. The molecule has 8 rings (SSSR count).